The molecule has 1 aliphatic heterocycles. The second-order valence-electron chi connectivity index (χ2n) is 4.70. The molecule has 2 N–H and O–H groups in total. The third-order valence-corrected chi connectivity index (χ3v) is 3.30. The number of aliphatic hydroxyl groups is 1. The number of benzene rings is 1. The average Bonchev–Trinajstić information content (AvgIpc) is 2.33. The molecule has 0 amide bonds. The van der Waals surface area contributed by atoms with Gasteiger partial charge in [-0.2, -0.15) is 0 Å². The molecule has 0 aromatic heterocycles. The summed E-state index contributed by atoms with van der Waals surface area (Å²) in [7, 11) is 2.10. The normalized spacial score (nSPS) is 20.4. The number of hydrogen-bond acceptors (Lipinski definition) is 3. The fraction of sp³-hybridized carbons (Fsp3) is 0.538. The van der Waals surface area contributed by atoms with Gasteiger partial charge < -0.3 is 10.0 Å². The zero-order valence-corrected chi connectivity index (χ0v) is 10.1. The Hall–Kier alpha value is -0.970. The van der Waals surface area contributed by atoms with E-state index in [1.54, 1.807) is 12.1 Å². The number of halogens is 1. The maximum Gasteiger partial charge on any atom is 0.131 e. The van der Waals surface area contributed by atoms with Crippen LogP contribution < -0.4 is 5.32 Å². The highest BCUT2D eigenvalue weighted by Crippen LogP contribution is 2.15. The van der Waals surface area contributed by atoms with E-state index < -0.39 is 6.23 Å². The Morgan fingerprint density at radius 2 is 1.88 bits per heavy atom. The van der Waals surface area contributed by atoms with Crippen molar-refractivity contribution in [2.24, 2.45) is 0 Å². The van der Waals surface area contributed by atoms with Crippen molar-refractivity contribution in [1.29, 1.82) is 0 Å². The van der Waals surface area contributed by atoms with Gasteiger partial charge in [-0.15, -0.1) is 0 Å². The lowest BCUT2D eigenvalue weighted by Gasteiger charge is -2.31. The van der Waals surface area contributed by atoms with Crippen LogP contribution in [0.2, 0.25) is 0 Å². The summed E-state index contributed by atoms with van der Waals surface area (Å²) in [5, 5.41) is 13.2. The summed E-state index contributed by atoms with van der Waals surface area (Å²) in [4.78, 5) is 2.28. The lowest BCUT2D eigenvalue weighted by atomic mass is 10.0. The highest BCUT2D eigenvalue weighted by Gasteiger charge is 2.19. The number of aliphatic hydroxyl groups excluding tert-OH is 1. The van der Waals surface area contributed by atoms with E-state index in [9.17, 15) is 9.50 Å². The highest BCUT2D eigenvalue weighted by molar-refractivity contribution is 5.18. The summed E-state index contributed by atoms with van der Waals surface area (Å²) in [5.74, 6) is -0.278. The number of piperidine rings is 1. The van der Waals surface area contributed by atoms with Gasteiger partial charge in [0.25, 0.3) is 0 Å². The van der Waals surface area contributed by atoms with Crippen molar-refractivity contribution in [1.82, 2.24) is 10.2 Å². The van der Waals surface area contributed by atoms with Crippen molar-refractivity contribution in [2.45, 2.75) is 25.1 Å². The molecule has 1 aromatic carbocycles. The first-order valence-corrected chi connectivity index (χ1v) is 6.03. The van der Waals surface area contributed by atoms with Crippen LogP contribution in [-0.2, 0) is 0 Å². The van der Waals surface area contributed by atoms with Crippen molar-refractivity contribution in [3.05, 3.63) is 35.6 Å². The number of rotatable bonds is 3. The summed E-state index contributed by atoms with van der Waals surface area (Å²) in [6.07, 6.45) is 1.37. The van der Waals surface area contributed by atoms with Gasteiger partial charge in [-0.25, -0.2) is 4.39 Å². The fourth-order valence-corrected chi connectivity index (χ4v) is 2.14. The Morgan fingerprint density at radius 3 is 2.47 bits per heavy atom. The molecule has 0 aliphatic carbocycles. The minimum Gasteiger partial charge on any atom is -0.374 e. The Bertz CT molecular complexity index is 347. The molecule has 1 aromatic rings. The molecule has 94 valence electrons. The molecule has 17 heavy (non-hydrogen) atoms. The largest absolute Gasteiger partial charge is 0.374 e. The predicted molar refractivity (Wildman–Crippen MR) is 65.0 cm³/mol. The van der Waals surface area contributed by atoms with Gasteiger partial charge in [0.1, 0.15) is 12.0 Å². The number of nitrogens with zero attached hydrogens (tertiary/aromatic N) is 1. The number of likely N-dealkylation sites (tertiary alicyclic amines) is 1. The molecular formula is C13H19FN2O. The molecule has 3 nitrogen and oxygen atoms in total. The topological polar surface area (TPSA) is 35.5 Å². The van der Waals surface area contributed by atoms with E-state index in [1.165, 1.54) is 12.1 Å². The van der Waals surface area contributed by atoms with Gasteiger partial charge in [0.15, 0.2) is 0 Å². The summed E-state index contributed by atoms with van der Waals surface area (Å²) in [6.45, 7) is 2.10. The molecule has 0 bridgehead atoms. The van der Waals surface area contributed by atoms with Gasteiger partial charge in [0.2, 0.25) is 0 Å². The third kappa shape index (κ3) is 3.49. The van der Waals surface area contributed by atoms with Crippen LogP contribution in [0.15, 0.2) is 24.3 Å². The Balaban J connectivity index is 1.88. The molecular weight excluding hydrogens is 219 g/mol. The summed E-state index contributed by atoms with van der Waals surface area (Å²) < 4.78 is 12.7. The van der Waals surface area contributed by atoms with Crippen LogP contribution in [-0.4, -0.2) is 36.2 Å². The smallest absolute Gasteiger partial charge is 0.131 e. The third-order valence-electron chi connectivity index (χ3n) is 3.30. The lowest BCUT2D eigenvalue weighted by Crippen LogP contribution is -2.42. The van der Waals surface area contributed by atoms with Gasteiger partial charge in [-0.05, 0) is 50.7 Å². The first-order valence-electron chi connectivity index (χ1n) is 6.03. The SMILES string of the molecule is CN1CCC(NC(O)c2ccc(F)cc2)CC1. The van der Waals surface area contributed by atoms with Gasteiger partial charge in [0, 0.05) is 6.04 Å². The molecule has 1 saturated heterocycles. The summed E-state index contributed by atoms with van der Waals surface area (Å²) in [5.41, 5.74) is 0.713. The van der Waals surface area contributed by atoms with E-state index in [1.807, 2.05) is 0 Å². The minimum atomic E-state index is -0.705. The average molecular weight is 238 g/mol. The van der Waals surface area contributed by atoms with Gasteiger partial charge in [-0.1, -0.05) is 12.1 Å². The lowest BCUT2D eigenvalue weighted by molar-refractivity contribution is 0.104. The zero-order chi connectivity index (χ0) is 12.3. The standard InChI is InChI=1S/C13H19FN2O/c1-16-8-6-12(7-9-16)15-13(17)10-2-4-11(14)5-3-10/h2-5,12-13,15,17H,6-9H2,1H3. The molecule has 1 atom stereocenters. The van der Waals surface area contributed by atoms with Gasteiger partial charge in [-0.3, -0.25) is 5.32 Å². The van der Waals surface area contributed by atoms with E-state index in [0.29, 0.717) is 11.6 Å². The van der Waals surface area contributed by atoms with E-state index in [0.717, 1.165) is 25.9 Å². The summed E-state index contributed by atoms with van der Waals surface area (Å²) in [6, 6.07) is 6.31. The first-order chi connectivity index (χ1) is 8.15. The van der Waals surface area contributed by atoms with Gasteiger partial charge in [0.05, 0.1) is 0 Å². The molecule has 0 saturated carbocycles. The maximum absolute atomic E-state index is 12.7. The Labute approximate surface area is 101 Å². The van der Waals surface area contributed by atoms with Crippen LogP contribution in [0.5, 0.6) is 0 Å². The van der Waals surface area contributed by atoms with Crippen LogP contribution in [0.3, 0.4) is 0 Å². The number of nitrogens with one attached hydrogen (secondary N) is 1. The Morgan fingerprint density at radius 1 is 1.29 bits per heavy atom. The molecule has 1 unspecified atom stereocenters. The van der Waals surface area contributed by atoms with Crippen molar-refractivity contribution in [3.8, 4) is 0 Å². The van der Waals surface area contributed by atoms with Crippen molar-refractivity contribution >= 4 is 0 Å². The zero-order valence-electron chi connectivity index (χ0n) is 10.1. The van der Waals surface area contributed by atoms with Crippen molar-refractivity contribution in [3.63, 3.8) is 0 Å². The van der Waals surface area contributed by atoms with Crippen molar-refractivity contribution in [2.75, 3.05) is 20.1 Å². The van der Waals surface area contributed by atoms with E-state index in [4.69, 9.17) is 0 Å². The van der Waals surface area contributed by atoms with Crippen LogP contribution in [0.25, 0.3) is 0 Å². The van der Waals surface area contributed by atoms with Crippen molar-refractivity contribution < 1.29 is 9.50 Å². The second-order valence-corrected chi connectivity index (χ2v) is 4.70. The van der Waals surface area contributed by atoms with Crippen LogP contribution in [0.4, 0.5) is 4.39 Å². The van der Waals surface area contributed by atoms with E-state index >= 15 is 0 Å². The predicted octanol–water partition coefficient (Wildman–Crippen LogP) is 1.50. The maximum atomic E-state index is 12.7. The number of hydrogen-bond donors (Lipinski definition) is 2. The highest BCUT2D eigenvalue weighted by atomic mass is 19.1. The Kier molecular flexibility index (Phi) is 4.10. The van der Waals surface area contributed by atoms with Crippen LogP contribution in [0, 0.1) is 5.82 Å². The fourth-order valence-electron chi connectivity index (χ4n) is 2.14. The van der Waals surface area contributed by atoms with Crippen LogP contribution in [0.1, 0.15) is 24.6 Å². The second kappa shape index (κ2) is 5.58. The molecule has 1 heterocycles. The first kappa shape index (κ1) is 12.5. The molecule has 4 heteroatoms. The molecule has 0 spiro atoms. The molecule has 1 aliphatic rings. The minimum absolute atomic E-state index is 0.278. The molecule has 1 fully saturated rings. The summed E-state index contributed by atoms with van der Waals surface area (Å²) >= 11 is 0. The van der Waals surface area contributed by atoms with Crippen LogP contribution >= 0.6 is 0 Å². The van der Waals surface area contributed by atoms with E-state index in [-0.39, 0.29) is 5.82 Å². The monoisotopic (exact) mass is 238 g/mol. The molecule has 0 radical (unpaired) electrons. The molecule has 2 rings (SSSR count). The quantitative estimate of drug-likeness (QED) is 0.783. The van der Waals surface area contributed by atoms with Gasteiger partial charge >= 0.3 is 0 Å². The van der Waals surface area contributed by atoms with E-state index in [2.05, 4.69) is 17.3 Å².